The SMILES string of the molecule is Cc1cc(Br)c(NCc2c(C(=O)O)cnn2C)c(Br)c1. The van der Waals surface area contributed by atoms with Crippen LogP contribution >= 0.6 is 31.9 Å². The lowest BCUT2D eigenvalue weighted by atomic mass is 10.2. The van der Waals surface area contributed by atoms with Crippen LogP contribution in [0.15, 0.2) is 27.3 Å². The molecule has 0 aliphatic carbocycles. The highest BCUT2D eigenvalue weighted by Crippen LogP contribution is 2.32. The highest BCUT2D eigenvalue weighted by molar-refractivity contribution is 9.11. The predicted molar refractivity (Wildman–Crippen MR) is 84.1 cm³/mol. The summed E-state index contributed by atoms with van der Waals surface area (Å²) in [6.45, 7) is 2.38. The molecule has 1 aromatic carbocycles. The zero-order valence-electron chi connectivity index (χ0n) is 10.9. The fourth-order valence-electron chi connectivity index (χ4n) is 1.89. The van der Waals surface area contributed by atoms with Gasteiger partial charge in [0.05, 0.1) is 24.1 Å². The van der Waals surface area contributed by atoms with Gasteiger partial charge in [-0.25, -0.2) is 4.79 Å². The Morgan fingerprint density at radius 2 is 2.00 bits per heavy atom. The molecule has 0 bridgehead atoms. The minimum absolute atomic E-state index is 0.208. The first-order chi connectivity index (χ1) is 9.40. The van der Waals surface area contributed by atoms with E-state index in [1.54, 1.807) is 11.7 Å². The summed E-state index contributed by atoms with van der Waals surface area (Å²) in [4.78, 5) is 11.1. The molecule has 1 heterocycles. The lowest BCUT2D eigenvalue weighted by molar-refractivity contribution is 0.0695. The number of aromatic nitrogens is 2. The van der Waals surface area contributed by atoms with Crippen LogP contribution in [0.5, 0.6) is 0 Å². The Balaban J connectivity index is 2.26. The molecular weight excluding hydrogens is 390 g/mol. The van der Waals surface area contributed by atoms with Crippen molar-refractivity contribution in [3.63, 3.8) is 0 Å². The number of carbonyl (C=O) groups is 1. The molecule has 0 spiro atoms. The predicted octanol–water partition coefficient (Wildman–Crippen LogP) is 3.56. The van der Waals surface area contributed by atoms with Gasteiger partial charge in [0.2, 0.25) is 0 Å². The van der Waals surface area contributed by atoms with Gasteiger partial charge in [-0.3, -0.25) is 4.68 Å². The Morgan fingerprint density at radius 1 is 1.40 bits per heavy atom. The highest BCUT2D eigenvalue weighted by Gasteiger charge is 2.15. The third-order valence-corrected chi connectivity index (χ3v) is 4.16. The van der Waals surface area contributed by atoms with Gasteiger partial charge in [-0.2, -0.15) is 5.10 Å². The Labute approximate surface area is 133 Å². The molecule has 2 aromatic rings. The third-order valence-electron chi connectivity index (χ3n) is 2.91. The second-order valence-electron chi connectivity index (χ2n) is 4.39. The number of nitrogens with one attached hydrogen (secondary N) is 1. The van der Waals surface area contributed by atoms with E-state index >= 15 is 0 Å². The Morgan fingerprint density at radius 3 is 2.55 bits per heavy atom. The first-order valence-electron chi connectivity index (χ1n) is 5.84. The zero-order valence-corrected chi connectivity index (χ0v) is 14.1. The third kappa shape index (κ3) is 3.04. The molecule has 20 heavy (non-hydrogen) atoms. The molecule has 5 nitrogen and oxygen atoms in total. The molecule has 0 radical (unpaired) electrons. The van der Waals surface area contributed by atoms with E-state index in [4.69, 9.17) is 5.11 Å². The summed E-state index contributed by atoms with van der Waals surface area (Å²) in [6.07, 6.45) is 1.36. The maximum absolute atomic E-state index is 11.1. The van der Waals surface area contributed by atoms with Crippen LogP contribution in [0, 0.1) is 6.92 Å². The average molecular weight is 403 g/mol. The van der Waals surface area contributed by atoms with E-state index < -0.39 is 5.97 Å². The fraction of sp³-hybridized carbons (Fsp3) is 0.231. The molecule has 1 aromatic heterocycles. The molecule has 0 fully saturated rings. The molecule has 106 valence electrons. The number of halogens is 2. The molecule has 0 aliphatic heterocycles. The summed E-state index contributed by atoms with van der Waals surface area (Å²) in [6, 6.07) is 3.99. The molecule has 0 saturated heterocycles. The standard InChI is InChI=1S/C13H13Br2N3O2/c1-7-3-9(14)12(10(15)4-7)16-6-11-8(13(19)20)5-17-18(11)2/h3-5,16H,6H2,1-2H3,(H,19,20). The molecule has 0 atom stereocenters. The average Bonchev–Trinajstić information content (AvgIpc) is 2.69. The van der Waals surface area contributed by atoms with Crippen molar-refractivity contribution in [1.82, 2.24) is 9.78 Å². The van der Waals surface area contributed by atoms with Gasteiger partial charge in [0.15, 0.2) is 0 Å². The van der Waals surface area contributed by atoms with Crippen LogP contribution in [-0.4, -0.2) is 20.9 Å². The summed E-state index contributed by atoms with van der Waals surface area (Å²) in [5.74, 6) is -0.975. The van der Waals surface area contributed by atoms with Crippen molar-refractivity contribution in [3.05, 3.63) is 44.1 Å². The number of hydrogen-bond acceptors (Lipinski definition) is 3. The molecular formula is C13H13Br2N3O2. The van der Waals surface area contributed by atoms with Crippen molar-refractivity contribution < 1.29 is 9.90 Å². The van der Waals surface area contributed by atoms with Gasteiger partial charge in [0.1, 0.15) is 5.56 Å². The van der Waals surface area contributed by atoms with Crippen molar-refractivity contribution in [3.8, 4) is 0 Å². The number of nitrogens with zero attached hydrogens (tertiary/aromatic N) is 2. The van der Waals surface area contributed by atoms with E-state index in [0.29, 0.717) is 12.2 Å². The number of hydrogen-bond donors (Lipinski definition) is 2. The van der Waals surface area contributed by atoms with Crippen LogP contribution in [0.25, 0.3) is 0 Å². The molecule has 2 rings (SSSR count). The van der Waals surface area contributed by atoms with Crippen molar-refractivity contribution in [2.45, 2.75) is 13.5 Å². The van der Waals surface area contributed by atoms with Crippen LogP contribution in [-0.2, 0) is 13.6 Å². The molecule has 0 aliphatic rings. The first kappa shape index (κ1) is 15.1. The van der Waals surface area contributed by atoms with Crippen molar-refractivity contribution in [1.29, 1.82) is 0 Å². The normalized spacial score (nSPS) is 10.6. The smallest absolute Gasteiger partial charge is 0.339 e. The summed E-state index contributed by atoms with van der Waals surface area (Å²) in [5, 5.41) is 16.3. The summed E-state index contributed by atoms with van der Waals surface area (Å²) < 4.78 is 3.40. The minimum atomic E-state index is -0.975. The van der Waals surface area contributed by atoms with Gasteiger partial charge < -0.3 is 10.4 Å². The molecule has 2 N–H and O–H groups in total. The molecule has 7 heteroatoms. The molecule has 0 saturated carbocycles. The van der Waals surface area contributed by atoms with E-state index in [2.05, 4.69) is 42.3 Å². The van der Waals surface area contributed by atoms with E-state index in [-0.39, 0.29) is 5.56 Å². The van der Waals surface area contributed by atoms with Crippen LogP contribution in [0.3, 0.4) is 0 Å². The second kappa shape index (κ2) is 5.97. The van der Waals surface area contributed by atoms with Crippen molar-refractivity contribution in [2.24, 2.45) is 7.05 Å². The monoisotopic (exact) mass is 401 g/mol. The van der Waals surface area contributed by atoms with Gasteiger partial charge >= 0.3 is 5.97 Å². The Bertz CT molecular complexity index is 645. The maximum Gasteiger partial charge on any atom is 0.339 e. The van der Waals surface area contributed by atoms with E-state index in [1.807, 2.05) is 19.1 Å². The van der Waals surface area contributed by atoms with E-state index in [1.165, 1.54) is 6.20 Å². The van der Waals surface area contributed by atoms with Gasteiger partial charge in [-0.15, -0.1) is 0 Å². The maximum atomic E-state index is 11.1. The first-order valence-corrected chi connectivity index (χ1v) is 7.42. The lowest BCUT2D eigenvalue weighted by Crippen LogP contribution is -2.10. The van der Waals surface area contributed by atoms with Crippen molar-refractivity contribution in [2.75, 3.05) is 5.32 Å². The van der Waals surface area contributed by atoms with Crippen molar-refractivity contribution >= 4 is 43.5 Å². The van der Waals surface area contributed by atoms with Crippen LogP contribution in [0.4, 0.5) is 5.69 Å². The van der Waals surface area contributed by atoms with Gasteiger partial charge in [0.25, 0.3) is 0 Å². The summed E-state index contributed by atoms with van der Waals surface area (Å²) in [7, 11) is 1.72. The topological polar surface area (TPSA) is 67.2 Å². The van der Waals surface area contributed by atoms with E-state index in [0.717, 1.165) is 20.2 Å². The highest BCUT2D eigenvalue weighted by atomic mass is 79.9. The summed E-state index contributed by atoms with van der Waals surface area (Å²) >= 11 is 6.99. The zero-order chi connectivity index (χ0) is 14.9. The Hall–Kier alpha value is -1.34. The van der Waals surface area contributed by atoms with Crippen LogP contribution in [0.1, 0.15) is 21.6 Å². The number of carboxylic acids is 1. The van der Waals surface area contributed by atoms with Gasteiger partial charge in [-0.1, -0.05) is 0 Å². The second-order valence-corrected chi connectivity index (χ2v) is 6.10. The largest absolute Gasteiger partial charge is 0.478 e. The van der Waals surface area contributed by atoms with Crippen LogP contribution < -0.4 is 5.32 Å². The molecule has 0 unspecified atom stereocenters. The number of aryl methyl sites for hydroxylation is 2. The van der Waals surface area contributed by atoms with E-state index in [9.17, 15) is 4.79 Å². The number of carboxylic acid groups (broad SMARTS) is 1. The van der Waals surface area contributed by atoms with Gasteiger partial charge in [0, 0.05) is 16.0 Å². The molecule has 0 amide bonds. The Kier molecular flexibility index (Phi) is 4.49. The minimum Gasteiger partial charge on any atom is -0.478 e. The number of aromatic carboxylic acids is 1. The lowest BCUT2D eigenvalue weighted by Gasteiger charge is -2.12. The summed E-state index contributed by atoms with van der Waals surface area (Å²) in [5.41, 5.74) is 2.84. The number of benzene rings is 1. The number of anilines is 1. The van der Waals surface area contributed by atoms with Gasteiger partial charge in [-0.05, 0) is 56.5 Å². The quantitative estimate of drug-likeness (QED) is 0.820. The fourth-order valence-corrected chi connectivity index (χ4v) is 3.59. The number of rotatable bonds is 4. The van der Waals surface area contributed by atoms with Crippen LogP contribution in [0.2, 0.25) is 0 Å².